The van der Waals surface area contributed by atoms with E-state index in [1.807, 2.05) is 6.92 Å². The first-order chi connectivity index (χ1) is 9.93. The smallest absolute Gasteiger partial charge is 0.283 e. The van der Waals surface area contributed by atoms with Crippen LogP contribution >= 0.6 is 0 Å². The molecule has 1 N–H and O–H groups in total. The van der Waals surface area contributed by atoms with Crippen LogP contribution in [0.2, 0.25) is 0 Å². The van der Waals surface area contributed by atoms with Crippen molar-refractivity contribution in [1.29, 1.82) is 0 Å². The van der Waals surface area contributed by atoms with Crippen LogP contribution in [0.3, 0.4) is 0 Å². The van der Waals surface area contributed by atoms with E-state index in [1.54, 1.807) is 6.92 Å². The largest absolute Gasteiger partial charge is 0.439 e. The highest BCUT2D eigenvalue weighted by molar-refractivity contribution is 5.69. The number of nitrogens with zero attached hydrogens (tertiary/aromatic N) is 2. The van der Waals surface area contributed by atoms with E-state index in [4.69, 9.17) is 4.42 Å². The molecule has 2 aromatic rings. The summed E-state index contributed by atoms with van der Waals surface area (Å²) in [5.41, 5.74) is -0.728. The summed E-state index contributed by atoms with van der Waals surface area (Å²) in [5.74, 6) is -2.15. The molecule has 1 aromatic heterocycles. The lowest BCUT2D eigenvalue weighted by Gasteiger charge is -2.07. The Morgan fingerprint density at radius 3 is 2.71 bits per heavy atom. The van der Waals surface area contributed by atoms with E-state index in [0.717, 1.165) is 6.07 Å². The SMILES string of the molecule is CCNC(C)c1ncc(-c2cc(F)c(F)cc2[N+](=O)[O-])o1. The van der Waals surface area contributed by atoms with Gasteiger partial charge in [0, 0.05) is 0 Å². The van der Waals surface area contributed by atoms with Crippen LogP contribution in [0.25, 0.3) is 11.3 Å². The van der Waals surface area contributed by atoms with Gasteiger partial charge in [-0.1, -0.05) is 6.92 Å². The minimum absolute atomic E-state index is 0.0142. The molecule has 112 valence electrons. The van der Waals surface area contributed by atoms with Gasteiger partial charge in [-0.05, 0) is 19.5 Å². The molecule has 0 bridgehead atoms. The second-order valence-electron chi connectivity index (χ2n) is 4.38. The summed E-state index contributed by atoms with van der Waals surface area (Å²) in [4.78, 5) is 14.1. The maximum atomic E-state index is 13.3. The van der Waals surface area contributed by atoms with Crippen molar-refractivity contribution < 1.29 is 18.1 Å². The van der Waals surface area contributed by atoms with Crippen LogP contribution in [0, 0.1) is 21.7 Å². The summed E-state index contributed by atoms with van der Waals surface area (Å²) in [7, 11) is 0. The van der Waals surface area contributed by atoms with Crippen molar-refractivity contribution in [3.8, 4) is 11.3 Å². The topological polar surface area (TPSA) is 81.2 Å². The van der Waals surface area contributed by atoms with Crippen LogP contribution < -0.4 is 5.32 Å². The van der Waals surface area contributed by atoms with Crippen LogP contribution in [-0.2, 0) is 0 Å². The molecule has 0 saturated heterocycles. The van der Waals surface area contributed by atoms with Crippen molar-refractivity contribution in [3.05, 3.63) is 46.0 Å². The van der Waals surface area contributed by atoms with Crippen LogP contribution in [0.1, 0.15) is 25.8 Å². The minimum atomic E-state index is -1.29. The Kier molecular flexibility index (Phi) is 4.27. The van der Waals surface area contributed by atoms with Crippen molar-refractivity contribution in [2.45, 2.75) is 19.9 Å². The molecule has 8 heteroatoms. The molecule has 0 amide bonds. The van der Waals surface area contributed by atoms with Crippen molar-refractivity contribution in [1.82, 2.24) is 10.3 Å². The first-order valence-electron chi connectivity index (χ1n) is 6.27. The standard InChI is InChI=1S/C13H13F2N3O3/c1-3-16-7(2)13-17-6-12(21-13)8-4-9(14)10(15)5-11(8)18(19)20/h4-7,16H,3H2,1-2H3. The lowest BCUT2D eigenvalue weighted by molar-refractivity contribution is -0.384. The predicted molar refractivity (Wildman–Crippen MR) is 70.6 cm³/mol. The molecule has 0 spiro atoms. The van der Waals surface area contributed by atoms with E-state index in [2.05, 4.69) is 10.3 Å². The highest BCUT2D eigenvalue weighted by atomic mass is 19.2. The van der Waals surface area contributed by atoms with E-state index >= 15 is 0 Å². The molecule has 6 nitrogen and oxygen atoms in total. The van der Waals surface area contributed by atoms with Gasteiger partial charge in [-0.15, -0.1) is 0 Å². The molecule has 1 aromatic carbocycles. The Balaban J connectivity index is 2.47. The Bertz CT molecular complexity index is 673. The lowest BCUT2D eigenvalue weighted by atomic mass is 10.1. The van der Waals surface area contributed by atoms with E-state index in [-0.39, 0.29) is 17.4 Å². The molecule has 0 aliphatic rings. The molecule has 0 saturated carbocycles. The zero-order chi connectivity index (χ0) is 15.6. The van der Waals surface area contributed by atoms with Gasteiger partial charge in [-0.25, -0.2) is 13.8 Å². The van der Waals surface area contributed by atoms with Gasteiger partial charge in [0.05, 0.1) is 28.8 Å². The lowest BCUT2D eigenvalue weighted by Crippen LogP contribution is -2.17. The van der Waals surface area contributed by atoms with Gasteiger partial charge in [0.15, 0.2) is 17.4 Å². The first kappa shape index (κ1) is 15.0. The highest BCUT2D eigenvalue weighted by Gasteiger charge is 2.23. The number of nitrogens with one attached hydrogen (secondary N) is 1. The average Bonchev–Trinajstić information content (AvgIpc) is 2.91. The Hall–Kier alpha value is -2.35. The number of hydrogen-bond acceptors (Lipinski definition) is 5. The number of hydrogen-bond donors (Lipinski definition) is 1. The van der Waals surface area contributed by atoms with Crippen molar-refractivity contribution in [2.75, 3.05) is 6.54 Å². The molecule has 0 fully saturated rings. The predicted octanol–water partition coefficient (Wildman–Crippen LogP) is 3.20. The summed E-state index contributed by atoms with van der Waals surface area (Å²) in [6.45, 7) is 4.39. The molecule has 0 aliphatic heterocycles. The van der Waals surface area contributed by atoms with Gasteiger partial charge in [0.25, 0.3) is 5.69 Å². The van der Waals surface area contributed by atoms with Crippen molar-refractivity contribution in [3.63, 3.8) is 0 Å². The number of aromatic nitrogens is 1. The van der Waals surface area contributed by atoms with Gasteiger partial charge in [-0.3, -0.25) is 10.1 Å². The summed E-state index contributed by atoms with van der Waals surface area (Å²) < 4.78 is 31.9. The molecule has 1 heterocycles. The van der Waals surface area contributed by atoms with Crippen LogP contribution in [0.5, 0.6) is 0 Å². The van der Waals surface area contributed by atoms with E-state index < -0.39 is 22.2 Å². The number of rotatable bonds is 5. The number of halogens is 2. The van der Waals surface area contributed by atoms with E-state index in [9.17, 15) is 18.9 Å². The zero-order valence-electron chi connectivity index (χ0n) is 11.4. The molecule has 1 unspecified atom stereocenters. The third kappa shape index (κ3) is 3.05. The fourth-order valence-corrected chi connectivity index (χ4v) is 1.89. The quantitative estimate of drug-likeness (QED) is 0.677. The third-order valence-electron chi connectivity index (χ3n) is 2.91. The Morgan fingerprint density at radius 2 is 2.10 bits per heavy atom. The fourth-order valence-electron chi connectivity index (χ4n) is 1.89. The van der Waals surface area contributed by atoms with Crippen molar-refractivity contribution in [2.24, 2.45) is 0 Å². The molecular formula is C13H13F2N3O3. The molecular weight excluding hydrogens is 284 g/mol. The van der Waals surface area contributed by atoms with Gasteiger partial charge >= 0.3 is 0 Å². The summed E-state index contributed by atoms with van der Waals surface area (Å²) in [6.07, 6.45) is 1.25. The Labute approximate surface area is 118 Å². The normalized spacial score (nSPS) is 12.4. The fraction of sp³-hybridized carbons (Fsp3) is 0.308. The number of benzene rings is 1. The van der Waals surface area contributed by atoms with Gasteiger partial charge in [0.2, 0.25) is 5.89 Å². The van der Waals surface area contributed by atoms with E-state index in [0.29, 0.717) is 18.5 Å². The minimum Gasteiger partial charge on any atom is -0.439 e. The molecule has 0 radical (unpaired) electrons. The van der Waals surface area contributed by atoms with Gasteiger partial charge in [-0.2, -0.15) is 0 Å². The maximum Gasteiger partial charge on any atom is 0.283 e. The van der Waals surface area contributed by atoms with Gasteiger partial charge in [0.1, 0.15) is 0 Å². The molecule has 2 rings (SSSR count). The molecule has 21 heavy (non-hydrogen) atoms. The third-order valence-corrected chi connectivity index (χ3v) is 2.91. The number of nitro benzene ring substituents is 1. The van der Waals surface area contributed by atoms with Crippen LogP contribution in [0.4, 0.5) is 14.5 Å². The van der Waals surface area contributed by atoms with E-state index in [1.165, 1.54) is 6.20 Å². The summed E-state index contributed by atoms with van der Waals surface area (Å²) >= 11 is 0. The first-order valence-corrected chi connectivity index (χ1v) is 6.27. The number of nitro groups is 1. The van der Waals surface area contributed by atoms with Crippen LogP contribution in [-0.4, -0.2) is 16.5 Å². The van der Waals surface area contributed by atoms with Crippen molar-refractivity contribution >= 4 is 5.69 Å². The number of oxazole rings is 1. The second kappa shape index (κ2) is 5.96. The molecule has 1 atom stereocenters. The average molecular weight is 297 g/mol. The molecule has 0 aliphatic carbocycles. The maximum absolute atomic E-state index is 13.3. The van der Waals surface area contributed by atoms with Crippen LogP contribution in [0.15, 0.2) is 22.7 Å². The summed E-state index contributed by atoms with van der Waals surface area (Å²) in [5, 5.41) is 14.0. The second-order valence-corrected chi connectivity index (χ2v) is 4.38. The summed E-state index contributed by atoms with van der Waals surface area (Å²) in [6, 6.07) is 1.06. The van der Waals surface area contributed by atoms with Gasteiger partial charge < -0.3 is 9.73 Å². The zero-order valence-corrected chi connectivity index (χ0v) is 11.4. The highest BCUT2D eigenvalue weighted by Crippen LogP contribution is 2.33. The monoisotopic (exact) mass is 297 g/mol. The Morgan fingerprint density at radius 1 is 1.43 bits per heavy atom.